The van der Waals surface area contributed by atoms with Crippen LogP contribution in [-0.2, 0) is 7.05 Å². The highest BCUT2D eigenvalue weighted by atomic mass is 79.9. The largest absolute Gasteiger partial charge is 0.250 e. The zero-order chi connectivity index (χ0) is 7.84. The van der Waals surface area contributed by atoms with Gasteiger partial charge in [0.2, 0.25) is 0 Å². The summed E-state index contributed by atoms with van der Waals surface area (Å²) >= 11 is 3.30. The molecule has 2 aromatic rings. The van der Waals surface area contributed by atoms with E-state index in [9.17, 15) is 0 Å². The van der Waals surface area contributed by atoms with Gasteiger partial charge in [-0.05, 0) is 28.1 Å². The Morgan fingerprint density at radius 3 is 3.09 bits per heavy atom. The normalized spacial score (nSPS) is 10.7. The number of halogens is 1. The minimum Gasteiger partial charge on any atom is -0.250 e. The van der Waals surface area contributed by atoms with Crippen molar-refractivity contribution in [1.29, 1.82) is 0 Å². The van der Waals surface area contributed by atoms with Crippen molar-refractivity contribution in [3.05, 3.63) is 22.9 Å². The summed E-state index contributed by atoms with van der Waals surface area (Å²) in [5, 5.41) is 5.14. The molecule has 0 aliphatic heterocycles. The van der Waals surface area contributed by atoms with Crippen LogP contribution < -0.4 is 0 Å². The molecule has 2 rings (SSSR count). The predicted molar refractivity (Wildman–Crippen MR) is 46.2 cm³/mol. The summed E-state index contributed by atoms with van der Waals surface area (Å²) in [6, 6.07) is 3.89. The molecule has 0 unspecified atom stereocenters. The molecule has 0 atom stereocenters. The fourth-order valence-corrected chi connectivity index (χ4v) is 1.30. The van der Waals surface area contributed by atoms with Crippen molar-refractivity contribution in [2.24, 2.45) is 7.05 Å². The third-order valence-electron chi connectivity index (χ3n) is 1.55. The standard InChI is InChI=1S/C7H6BrN3/c1-11-7-5(4-9-11)2-3-6(8)10-7/h2-4H,1H3. The van der Waals surface area contributed by atoms with Gasteiger partial charge in [0.05, 0.1) is 6.20 Å². The minimum absolute atomic E-state index is 0.841. The molecule has 0 radical (unpaired) electrons. The Morgan fingerprint density at radius 1 is 1.45 bits per heavy atom. The third-order valence-corrected chi connectivity index (χ3v) is 1.99. The Morgan fingerprint density at radius 2 is 2.27 bits per heavy atom. The molecule has 0 fully saturated rings. The first-order valence-corrected chi connectivity index (χ1v) is 4.01. The summed E-state index contributed by atoms with van der Waals surface area (Å²) in [6.45, 7) is 0. The second-order valence-corrected chi connectivity index (χ2v) is 3.13. The topological polar surface area (TPSA) is 30.7 Å². The first kappa shape index (κ1) is 6.79. The van der Waals surface area contributed by atoms with Crippen LogP contribution in [0.25, 0.3) is 11.0 Å². The fraction of sp³-hybridized carbons (Fsp3) is 0.143. The van der Waals surface area contributed by atoms with E-state index in [0.717, 1.165) is 15.6 Å². The highest BCUT2D eigenvalue weighted by Crippen LogP contribution is 2.13. The summed E-state index contributed by atoms with van der Waals surface area (Å²) in [4.78, 5) is 4.25. The van der Waals surface area contributed by atoms with Crippen molar-refractivity contribution in [2.45, 2.75) is 0 Å². The molecule has 2 aromatic heterocycles. The lowest BCUT2D eigenvalue weighted by molar-refractivity contribution is 0.785. The number of rotatable bonds is 0. The summed E-state index contributed by atoms with van der Waals surface area (Å²) in [7, 11) is 1.88. The average Bonchev–Trinajstić information content (AvgIpc) is 2.33. The molecular formula is C7H6BrN3. The molecule has 3 nitrogen and oxygen atoms in total. The van der Waals surface area contributed by atoms with Gasteiger partial charge in [0.25, 0.3) is 0 Å². The average molecular weight is 212 g/mol. The molecule has 4 heteroatoms. The SMILES string of the molecule is Cn1ncc2ccc(Br)nc21. The third kappa shape index (κ3) is 1.03. The van der Waals surface area contributed by atoms with Crippen LogP contribution in [0.1, 0.15) is 0 Å². The highest BCUT2D eigenvalue weighted by Gasteiger charge is 1.99. The molecule has 0 spiro atoms. The zero-order valence-electron chi connectivity index (χ0n) is 5.95. The van der Waals surface area contributed by atoms with Crippen LogP contribution in [0.4, 0.5) is 0 Å². The molecule has 0 aliphatic carbocycles. The van der Waals surface area contributed by atoms with Crippen molar-refractivity contribution in [2.75, 3.05) is 0 Å². The maximum atomic E-state index is 4.25. The quantitative estimate of drug-likeness (QED) is 0.622. The van der Waals surface area contributed by atoms with E-state index in [2.05, 4.69) is 26.0 Å². The Balaban J connectivity index is 2.87. The highest BCUT2D eigenvalue weighted by molar-refractivity contribution is 9.10. The van der Waals surface area contributed by atoms with Gasteiger partial charge in [-0.3, -0.25) is 4.68 Å². The Hall–Kier alpha value is -0.900. The van der Waals surface area contributed by atoms with Crippen LogP contribution in [0.5, 0.6) is 0 Å². The van der Waals surface area contributed by atoms with Crippen LogP contribution in [0.15, 0.2) is 22.9 Å². The Kier molecular flexibility index (Phi) is 1.42. The van der Waals surface area contributed by atoms with E-state index >= 15 is 0 Å². The Labute approximate surface area is 72.2 Å². The van der Waals surface area contributed by atoms with Crippen LogP contribution >= 0.6 is 15.9 Å². The van der Waals surface area contributed by atoms with Gasteiger partial charge in [0.1, 0.15) is 4.60 Å². The van der Waals surface area contributed by atoms with Crippen LogP contribution in [-0.4, -0.2) is 14.8 Å². The number of fused-ring (bicyclic) bond motifs is 1. The van der Waals surface area contributed by atoms with Crippen molar-refractivity contribution >= 4 is 27.0 Å². The monoisotopic (exact) mass is 211 g/mol. The maximum Gasteiger partial charge on any atom is 0.158 e. The molecule has 0 saturated carbocycles. The van der Waals surface area contributed by atoms with Gasteiger partial charge in [-0.1, -0.05) is 0 Å². The number of pyridine rings is 1. The molecule has 11 heavy (non-hydrogen) atoms. The summed E-state index contributed by atoms with van der Waals surface area (Å²) in [5.74, 6) is 0. The minimum atomic E-state index is 0.841. The summed E-state index contributed by atoms with van der Waals surface area (Å²) in [6.07, 6.45) is 1.80. The van der Waals surface area contributed by atoms with E-state index in [1.54, 1.807) is 10.9 Å². The molecule has 0 aliphatic rings. The first-order chi connectivity index (χ1) is 5.27. The maximum absolute atomic E-state index is 4.25. The second kappa shape index (κ2) is 2.30. The van der Waals surface area contributed by atoms with E-state index in [1.165, 1.54) is 0 Å². The number of nitrogens with zero attached hydrogens (tertiary/aromatic N) is 3. The van der Waals surface area contributed by atoms with Gasteiger partial charge in [-0.2, -0.15) is 5.10 Å². The molecule has 0 saturated heterocycles. The van der Waals surface area contributed by atoms with E-state index in [0.29, 0.717) is 0 Å². The van der Waals surface area contributed by atoms with Gasteiger partial charge in [-0.15, -0.1) is 0 Å². The lowest BCUT2D eigenvalue weighted by Gasteiger charge is -1.92. The van der Waals surface area contributed by atoms with Crippen LogP contribution in [0.3, 0.4) is 0 Å². The fourth-order valence-electron chi connectivity index (χ4n) is 1.000. The van der Waals surface area contributed by atoms with Crippen molar-refractivity contribution in [3.63, 3.8) is 0 Å². The van der Waals surface area contributed by atoms with Gasteiger partial charge < -0.3 is 0 Å². The van der Waals surface area contributed by atoms with Crippen molar-refractivity contribution < 1.29 is 0 Å². The van der Waals surface area contributed by atoms with Gasteiger partial charge in [-0.25, -0.2) is 4.98 Å². The first-order valence-electron chi connectivity index (χ1n) is 3.21. The predicted octanol–water partition coefficient (Wildman–Crippen LogP) is 1.73. The molecule has 0 N–H and O–H groups in total. The van der Waals surface area contributed by atoms with Crippen LogP contribution in [0, 0.1) is 0 Å². The molecule has 2 heterocycles. The van der Waals surface area contributed by atoms with E-state index in [-0.39, 0.29) is 0 Å². The van der Waals surface area contributed by atoms with Crippen molar-refractivity contribution in [1.82, 2.24) is 14.8 Å². The molecule has 56 valence electrons. The lowest BCUT2D eigenvalue weighted by Crippen LogP contribution is -1.91. The van der Waals surface area contributed by atoms with Crippen LogP contribution in [0.2, 0.25) is 0 Å². The van der Waals surface area contributed by atoms with Gasteiger partial charge in [0, 0.05) is 12.4 Å². The van der Waals surface area contributed by atoms with Gasteiger partial charge >= 0.3 is 0 Å². The van der Waals surface area contributed by atoms with E-state index in [1.807, 2.05) is 19.2 Å². The van der Waals surface area contributed by atoms with E-state index < -0.39 is 0 Å². The molecule has 0 bridgehead atoms. The van der Waals surface area contributed by atoms with Crippen molar-refractivity contribution in [3.8, 4) is 0 Å². The summed E-state index contributed by atoms with van der Waals surface area (Å²) in [5.41, 5.74) is 0.902. The molecule has 0 amide bonds. The lowest BCUT2D eigenvalue weighted by atomic mass is 10.4. The van der Waals surface area contributed by atoms with Gasteiger partial charge in [0.15, 0.2) is 5.65 Å². The van der Waals surface area contributed by atoms with E-state index in [4.69, 9.17) is 0 Å². The zero-order valence-corrected chi connectivity index (χ0v) is 7.54. The second-order valence-electron chi connectivity index (χ2n) is 2.31. The number of aryl methyl sites for hydroxylation is 1. The Bertz CT molecular complexity index is 393. The number of hydrogen-bond acceptors (Lipinski definition) is 2. The number of hydrogen-bond donors (Lipinski definition) is 0. The molecule has 0 aromatic carbocycles. The summed E-state index contributed by atoms with van der Waals surface area (Å²) < 4.78 is 2.59. The number of aromatic nitrogens is 3. The molecular weight excluding hydrogens is 206 g/mol. The smallest absolute Gasteiger partial charge is 0.158 e.